The first-order valence-electron chi connectivity index (χ1n) is 10.5. The zero-order valence-corrected chi connectivity index (χ0v) is 18.6. The molecule has 1 amide bonds. The highest BCUT2D eigenvalue weighted by atomic mass is 32.1. The number of nitrogens with zero attached hydrogens (tertiary/aromatic N) is 1. The number of hydrogen-bond donors (Lipinski definition) is 1. The zero-order chi connectivity index (χ0) is 20.5. The van der Waals surface area contributed by atoms with Crippen LogP contribution in [0, 0.1) is 5.92 Å². The summed E-state index contributed by atoms with van der Waals surface area (Å²) >= 11 is 3.48. The largest absolute Gasteiger partial charge is 0.317 e. The third-order valence-electron chi connectivity index (χ3n) is 5.76. The lowest BCUT2D eigenvalue weighted by atomic mass is 9.88. The van der Waals surface area contributed by atoms with Crippen molar-refractivity contribution in [3.63, 3.8) is 0 Å². The average molecular weight is 433 g/mol. The van der Waals surface area contributed by atoms with E-state index in [1.54, 1.807) is 22.7 Å². The number of rotatable bonds is 5. The van der Waals surface area contributed by atoms with Crippen LogP contribution in [-0.4, -0.2) is 10.9 Å². The lowest BCUT2D eigenvalue weighted by Crippen LogP contribution is -2.12. The Morgan fingerprint density at radius 1 is 1.10 bits per heavy atom. The van der Waals surface area contributed by atoms with Crippen LogP contribution in [0.2, 0.25) is 0 Å². The maximum atomic E-state index is 12.8. The first kappa shape index (κ1) is 19.5. The van der Waals surface area contributed by atoms with E-state index in [0.29, 0.717) is 12.3 Å². The van der Waals surface area contributed by atoms with Gasteiger partial charge >= 0.3 is 0 Å². The van der Waals surface area contributed by atoms with E-state index in [1.165, 1.54) is 27.1 Å². The molecular formula is C25H24N2OS2. The van der Waals surface area contributed by atoms with E-state index in [2.05, 4.69) is 42.6 Å². The molecule has 2 heterocycles. The SMILES string of the molecule is CC1CCc2c(sc(NC(=O)CCc3ccccc3)c2-c2nc3ccccc3s2)C1. The highest BCUT2D eigenvalue weighted by molar-refractivity contribution is 7.22. The molecule has 2 aromatic heterocycles. The maximum absolute atomic E-state index is 12.8. The number of carbonyl (C=O) groups is 1. The normalized spacial score (nSPS) is 15.8. The quantitative estimate of drug-likeness (QED) is 0.380. The molecule has 2 aromatic carbocycles. The molecule has 1 N–H and O–H groups in total. The van der Waals surface area contributed by atoms with Crippen molar-refractivity contribution < 1.29 is 4.79 Å². The highest BCUT2D eigenvalue weighted by Crippen LogP contribution is 2.47. The number of thiazole rings is 1. The van der Waals surface area contributed by atoms with Crippen LogP contribution in [0.3, 0.4) is 0 Å². The Morgan fingerprint density at radius 2 is 1.90 bits per heavy atom. The molecule has 30 heavy (non-hydrogen) atoms. The Bertz CT molecular complexity index is 1160. The van der Waals surface area contributed by atoms with E-state index in [0.717, 1.165) is 40.4 Å². The number of carbonyl (C=O) groups excluding carboxylic acids is 1. The van der Waals surface area contributed by atoms with E-state index in [-0.39, 0.29) is 5.91 Å². The number of aryl methyl sites for hydroxylation is 1. The molecule has 152 valence electrons. The molecule has 0 saturated heterocycles. The van der Waals surface area contributed by atoms with Crippen LogP contribution in [0.4, 0.5) is 5.00 Å². The minimum Gasteiger partial charge on any atom is -0.317 e. The standard InChI is InChI=1S/C25H24N2OS2/c1-16-11-13-18-21(15-16)30-25(27-22(28)14-12-17-7-3-2-4-8-17)23(18)24-26-19-9-5-6-10-20(19)29-24/h2-10,16H,11-15H2,1H3,(H,27,28). The Labute approximate surface area is 184 Å². The van der Waals surface area contributed by atoms with E-state index < -0.39 is 0 Å². The van der Waals surface area contributed by atoms with Gasteiger partial charge in [-0.25, -0.2) is 4.98 Å². The summed E-state index contributed by atoms with van der Waals surface area (Å²) in [5.41, 5.74) is 4.79. The summed E-state index contributed by atoms with van der Waals surface area (Å²) in [6.45, 7) is 2.32. The van der Waals surface area contributed by atoms with Crippen molar-refractivity contribution in [2.24, 2.45) is 5.92 Å². The number of aromatic nitrogens is 1. The van der Waals surface area contributed by atoms with Crippen LogP contribution in [0.5, 0.6) is 0 Å². The molecule has 0 spiro atoms. The minimum atomic E-state index is 0.0767. The number of anilines is 1. The third kappa shape index (κ3) is 3.92. The molecule has 3 nitrogen and oxygen atoms in total. The molecule has 1 unspecified atom stereocenters. The van der Waals surface area contributed by atoms with E-state index in [4.69, 9.17) is 4.98 Å². The number of amides is 1. The number of fused-ring (bicyclic) bond motifs is 2. The van der Waals surface area contributed by atoms with Gasteiger partial charge in [0.05, 0.1) is 10.2 Å². The van der Waals surface area contributed by atoms with Gasteiger partial charge in [0, 0.05) is 16.9 Å². The summed E-state index contributed by atoms with van der Waals surface area (Å²) in [5, 5.41) is 5.25. The predicted molar refractivity (Wildman–Crippen MR) is 128 cm³/mol. The van der Waals surface area contributed by atoms with Gasteiger partial charge < -0.3 is 5.32 Å². The molecular weight excluding hydrogens is 408 g/mol. The summed E-state index contributed by atoms with van der Waals surface area (Å²) in [7, 11) is 0. The summed E-state index contributed by atoms with van der Waals surface area (Å²) in [6.07, 6.45) is 4.60. The Balaban J connectivity index is 1.46. The summed E-state index contributed by atoms with van der Waals surface area (Å²) in [4.78, 5) is 19.1. The lowest BCUT2D eigenvalue weighted by Gasteiger charge is -2.18. The van der Waals surface area contributed by atoms with Gasteiger partial charge in [-0.05, 0) is 54.9 Å². The van der Waals surface area contributed by atoms with Crippen LogP contribution >= 0.6 is 22.7 Å². The second-order valence-electron chi connectivity index (χ2n) is 8.08. The van der Waals surface area contributed by atoms with Crippen LogP contribution in [-0.2, 0) is 24.1 Å². The van der Waals surface area contributed by atoms with Gasteiger partial charge in [-0.15, -0.1) is 22.7 Å². The van der Waals surface area contributed by atoms with Crippen molar-refractivity contribution in [1.29, 1.82) is 0 Å². The molecule has 1 atom stereocenters. The fourth-order valence-corrected chi connectivity index (χ4v) is 6.67. The van der Waals surface area contributed by atoms with Gasteiger partial charge in [-0.1, -0.05) is 49.4 Å². The van der Waals surface area contributed by atoms with Gasteiger partial charge in [0.1, 0.15) is 10.0 Å². The molecule has 0 saturated carbocycles. The van der Waals surface area contributed by atoms with Crippen molar-refractivity contribution in [1.82, 2.24) is 4.98 Å². The van der Waals surface area contributed by atoms with Crippen molar-refractivity contribution in [3.8, 4) is 10.6 Å². The number of para-hydroxylation sites is 1. The third-order valence-corrected chi connectivity index (χ3v) is 7.98. The van der Waals surface area contributed by atoms with E-state index in [1.807, 2.05) is 24.3 Å². The molecule has 0 radical (unpaired) electrons. The molecule has 5 rings (SSSR count). The molecule has 0 bridgehead atoms. The summed E-state index contributed by atoms with van der Waals surface area (Å²) in [6, 6.07) is 18.5. The van der Waals surface area contributed by atoms with Gasteiger partial charge in [0.15, 0.2) is 0 Å². The van der Waals surface area contributed by atoms with Crippen LogP contribution in [0.1, 0.15) is 35.8 Å². The highest BCUT2D eigenvalue weighted by Gasteiger charge is 2.27. The second-order valence-corrected chi connectivity index (χ2v) is 10.2. The first-order valence-corrected chi connectivity index (χ1v) is 12.1. The number of benzene rings is 2. The number of thiophene rings is 1. The van der Waals surface area contributed by atoms with Crippen molar-refractivity contribution in [2.45, 2.75) is 39.0 Å². The van der Waals surface area contributed by atoms with Crippen LogP contribution < -0.4 is 5.32 Å². The predicted octanol–water partition coefficient (Wildman–Crippen LogP) is 6.72. The number of nitrogens with one attached hydrogen (secondary N) is 1. The van der Waals surface area contributed by atoms with Crippen LogP contribution in [0.15, 0.2) is 54.6 Å². The molecule has 5 heteroatoms. The molecule has 0 fully saturated rings. The Kier molecular flexibility index (Phi) is 5.40. The first-order chi connectivity index (χ1) is 14.7. The number of hydrogen-bond acceptors (Lipinski definition) is 4. The maximum Gasteiger partial charge on any atom is 0.225 e. The summed E-state index contributed by atoms with van der Waals surface area (Å²) < 4.78 is 1.19. The van der Waals surface area contributed by atoms with Crippen molar-refractivity contribution >= 4 is 43.8 Å². The van der Waals surface area contributed by atoms with E-state index in [9.17, 15) is 4.79 Å². The summed E-state index contributed by atoms with van der Waals surface area (Å²) in [5.74, 6) is 0.772. The fraction of sp³-hybridized carbons (Fsp3) is 0.280. The van der Waals surface area contributed by atoms with E-state index >= 15 is 0 Å². The Hall–Kier alpha value is -2.50. The molecule has 4 aromatic rings. The molecule has 1 aliphatic carbocycles. The van der Waals surface area contributed by atoms with Crippen LogP contribution in [0.25, 0.3) is 20.8 Å². The minimum absolute atomic E-state index is 0.0767. The van der Waals surface area contributed by atoms with Gasteiger partial charge in [0.25, 0.3) is 0 Å². The van der Waals surface area contributed by atoms with Gasteiger partial charge in [-0.2, -0.15) is 0 Å². The monoisotopic (exact) mass is 432 g/mol. The molecule has 1 aliphatic rings. The van der Waals surface area contributed by atoms with Gasteiger partial charge in [-0.3, -0.25) is 4.79 Å². The molecule has 0 aliphatic heterocycles. The second kappa shape index (κ2) is 8.32. The Morgan fingerprint density at radius 3 is 2.73 bits per heavy atom. The topological polar surface area (TPSA) is 42.0 Å². The van der Waals surface area contributed by atoms with Gasteiger partial charge in [0.2, 0.25) is 5.91 Å². The zero-order valence-electron chi connectivity index (χ0n) is 17.0. The van der Waals surface area contributed by atoms with Crippen molar-refractivity contribution in [2.75, 3.05) is 5.32 Å². The fourth-order valence-electron chi connectivity index (χ4n) is 4.14. The smallest absolute Gasteiger partial charge is 0.225 e. The van der Waals surface area contributed by atoms with Crippen molar-refractivity contribution in [3.05, 3.63) is 70.6 Å². The lowest BCUT2D eigenvalue weighted by molar-refractivity contribution is -0.116. The average Bonchev–Trinajstić information content (AvgIpc) is 3.33.